The van der Waals surface area contributed by atoms with Crippen LogP contribution in [0.3, 0.4) is 0 Å². The number of carboxylic acids is 1. The van der Waals surface area contributed by atoms with E-state index < -0.39 is 11.5 Å². The highest BCUT2D eigenvalue weighted by molar-refractivity contribution is 5.97. The summed E-state index contributed by atoms with van der Waals surface area (Å²) >= 11 is 0. The topological polar surface area (TPSA) is 117 Å². The molecule has 1 aliphatic carbocycles. The number of amides is 2. The summed E-state index contributed by atoms with van der Waals surface area (Å²) in [6, 6.07) is 6.77. The summed E-state index contributed by atoms with van der Waals surface area (Å²) in [6.07, 6.45) is 5.74. The van der Waals surface area contributed by atoms with Crippen LogP contribution in [-0.4, -0.2) is 67.8 Å². The lowest BCUT2D eigenvalue weighted by Crippen LogP contribution is -2.62. The third-order valence-electron chi connectivity index (χ3n) is 8.94. The minimum atomic E-state index is -1.10. The van der Waals surface area contributed by atoms with Crippen LogP contribution < -0.4 is 0 Å². The zero-order valence-electron chi connectivity index (χ0n) is 25.8. The molecule has 0 aromatic carbocycles. The van der Waals surface area contributed by atoms with Crippen LogP contribution >= 0.6 is 0 Å². The fraction of sp³-hybridized carbons (Fsp3) is 0.545. The Labute approximate surface area is 247 Å². The van der Waals surface area contributed by atoms with Gasteiger partial charge in [-0.05, 0) is 68.6 Å². The summed E-state index contributed by atoms with van der Waals surface area (Å²) in [5, 5.41) is 9.11. The van der Waals surface area contributed by atoms with Crippen LogP contribution in [0.25, 0.3) is 11.1 Å². The molecular weight excluding hydrogens is 532 g/mol. The number of carbonyl (C=O) groups is 3. The van der Waals surface area contributed by atoms with Crippen molar-refractivity contribution in [1.29, 1.82) is 0 Å². The zero-order valence-corrected chi connectivity index (χ0v) is 25.8. The Morgan fingerprint density at radius 1 is 1.00 bits per heavy atom. The van der Waals surface area contributed by atoms with Crippen molar-refractivity contribution in [3.8, 4) is 0 Å². The summed E-state index contributed by atoms with van der Waals surface area (Å²) < 4.78 is 6.29. The molecule has 224 valence electrons. The van der Waals surface area contributed by atoms with Crippen molar-refractivity contribution in [3.63, 3.8) is 0 Å². The van der Waals surface area contributed by atoms with Gasteiger partial charge in [0.05, 0.1) is 11.1 Å². The molecule has 4 heterocycles. The first-order valence-corrected chi connectivity index (χ1v) is 14.8. The SMILES string of the molecule is CC1(C)CCC(c2cc(C(C)(C)C)c3oc(C(=O)N4CCN(C(=O)c5ccc(C(=O)O)cn5)CC4(C)C)cc3n2)CC1. The van der Waals surface area contributed by atoms with E-state index in [2.05, 4.69) is 45.7 Å². The average molecular weight is 575 g/mol. The summed E-state index contributed by atoms with van der Waals surface area (Å²) in [6.45, 7) is 15.9. The van der Waals surface area contributed by atoms with Gasteiger partial charge in [0.15, 0.2) is 11.3 Å². The molecule has 0 bridgehead atoms. The Morgan fingerprint density at radius 3 is 2.26 bits per heavy atom. The predicted octanol–water partition coefficient (Wildman–Crippen LogP) is 6.28. The van der Waals surface area contributed by atoms with E-state index in [1.807, 2.05) is 13.8 Å². The third-order valence-corrected chi connectivity index (χ3v) is 8.94. The maximum absolute atomic E-state index is 13.9. The molecule has 2 fully saturated rings. The smallest absolute Gasteiger partial charge is 0.337 e. The Hall–Kier alpha value is -3.75. The highest BCUT2D eigenvalue weighted by Gasteiger charge is 2.40. The molecular formula is C33H42N4O5. The van der Waals surface area contributed by atoms with Crippen molar-refractivity contribution < 1.29 is 23.9 Å². The molecule has 1 N–H and O–H groups in total. The van der Waals surface area contributed by atoms with Crippen molar-refractivity contribution in [2.24, 2.45) is 5.41 Å². The standard InChI is InChI=1S/C33H42N4O5/c1-31(2,3)22-16-24(20-10-12-32(4,5)13-11-20)35-25-17-26(42-27(22)25)29(39)37-15-14-36(19-33(37,6)7)28(38)23-9-8-21(18-34-23)30(40)41/h8-9,16-18,20H,10-15,19H2,1-7H3,(H,40,41). The molecule has 0 spiro atoms. The summed E-state index contributed by atoms with van der Waals surface area (Å²) in [7, 11) is 0. The molecule has 3 aromatic rings. The fourth-order valence-electron chi connectivity index (χ4n) is 6.26. The molecule has 42 heavy (non-hydrogen) atoms. The van der Waals surface area contributed by atoms with Crippen LogP contribution in [0.5, 0.6) is 0 Å². The van der Waals surface area contributed by atoms with E-state index in [4.69, 9.17) is 14.5 Å². The van der Waals surface area contributed by atoms with Crippen LogP contribution in [0.15, 0.2) is 34.9 Å². The van der Waals surface area contributed by atoms with Crippen LogP contribution in [0.4, 0.5) is 0 Å². The Morgan fingerprint density at radius 2 is 1.69 bits per heavy atom. The summed E-state index contributed by atoms with van der Waals surface area (Å²) in [4.78, 5) is 50.7. The molecule has 1 aliphatic heterocycles. The molecule has 0 atom stereocenters. The fourth-order valence-corrected chi connectivity index (χ4v) is 6.26. The number of aromatic nitrogens is 2. The van der Waals surface area contributed by atoms with Crippen LogP contribution in [-0.2, 0) is 5.41 Å². The molecule has 9 nitrogen and oxygen atoms in total. The second kappa shape index (κ2) is 10.5. The first-order chi connectivity index (χ1) is 19.6. The Bertz CT molecular complexity index is 1520. The minimum absolute atomic E-state index is 0.0204. The van der Waals surface area contributed by atoms with Gasteiger partial charge in [-0.1, -0.05) is 34.6 Å². The average Bonchev–Trinajstić information content (AvgIpc) is 3.35. The maximum atomic E-state index is 13.9. The Kier molecular flexibility index (Phi) is 7.44. The molecule has 3 aromatic heterocycles. The van der Waals surface area contributed by atoms with Gasteiger partial charge in [-0.2, -0.15) is 0 Å². The number of furan rings is 1. The lowest BCUT2D eigenvalue weighted by Gasteiger charge is -2.46. The number of hydrogen-bond donors (Lipinski definition) is 1. The molecule has 5 rings (SSSR count). The van der Waals surface area contributed by atoms with E-state index in [0.29, 0.717) is 42.1 Å². The largest absolute Gasteiger partial charge is 0.478 e. The first-order valence-electron chi connectivity index (χ1n) is 14.8. The number of piperazine rings is 1. The maximum Gasteiger partial charge on any atom is 0.337 e. The minimum Gasteiger partial charge on any atom is -0.478 e. The van der Waals surface area contributed by atoms with Crippen molar-refractivity contribution in [2.45, 2.75) is 91.0 Å². The van der Waals surface area contributed by atoms with Gasteiger partial charge < -0.3 is 19.3 Å². The monoisotopic (exact) mass is 574 g/mol. The van der Waals surface area contributed by atoms with Gasteiger partial charge in [-0.15, -0.1) is 0 Å². The van der Waals surface area contributed by atoms with Crippen molar-refractivity contribution in [2.75, 3.05) is 19.6 Å². The van der Waals surface area contributed by atoms with Crippen molar-refractivity contribution >= 4 is 28.9 Å². The predicted molar refractivity (Wildman–Crippen MR) is 160 cm³/mol. The van der Waals surface area contributed by atoms with Crippen LogP contribution in [0.1, 0.15) is 123 Å². The van der Waals surface area contributed by atoms with Gasteiger partial charge >= 0.3 is 5.97 Å². The summed E-state index contributed by atoms with van der Waals surface area (Å²) in [5.41, 5.74) is 3.21. The molecule has 2 amide bonds. The van der Waals surface area contributed by atoms with Crippen LogP contribution in [0.2, 0.25) is 0 Å². The number of carboxylic acid groups (broad SMARTS) is 1. The molecule has 0 radical (unpaired) electrons. The van der Waals surface area contributed by atoms with Gasteiger partial charge in [-0.25, -0.2) is 9.78 Å². The van der Waals surface area contributed by atoms with Gasteiger partial charge in [0, 0.05) is 49.1 Å². The quantitative estimate of drug-likeness (QED) is 0.390. The molecule has 0 unspecified atom stereocenters. The zero-order chi connectivity index (χ0) is 30.6. The summed E-state index contributed by atoms with van der Waals surface area (Å²) in [5.74, 6) is -0.969. The van der Waals surface area contributed by atoms with Crippen molar-refractivity contribution in [1.82, 2.24) is 19.8 Å². The van der Waals surface area contributed by atoms with E-state index in [1.165, 1.54) is 31.2 Å². The second-order valence-corrected chi connectivity index (χ2v) is 14.3. The van der Waals surface area contributed by atoms with E-state index in [-0.39, 0.29) is 34.2 Å². The molecule has 1 saturated carbocycles. The number of fused-ring (bicyclic) bond motifs is 1. The van der Waals surface area contributed by atoms with Gasteiger partial charge in [0.25, 0.3) is 11.8 Å². The molecule has 1 saturated heterocycles. The van der Waals surface area contributed by atoms with E-state index in [0.717, 1.165) is 24.1 Å². The number of hydrogen-bond acceptors (Lipinski definition) is 6. The normalized spacial score (nSPS) is 19.2. The second-order valence-electron chi connectivity index (χ2n) is 14.3. The van der Waals surface area contributed by atoms with E-state index >= 15 is 0 Å². The lowest BCUT2D eigenvalue weighted by molar-refractivity contribution is 0.0148. The lowest BCUT2D eigenvalue weighted by atomic mass is 9.72. The number of rotatable bonds is 4. The van der Waals surface area contributed by atoms with E-state index in [1.54, 1.807) is 15.9 Å². The first kappa shape index (κ1) is 29.7. The number of nitrogens with zero attached hydrogens (tertiary/aromatic N) is 4. The number of carbonyl (C=O) groups excluding carboxylic acids is 2. The molecule has 9 heteroatoms. The van der Waals surface area contributed by atoms with Crippen LogP contribution in [0, 0.1) is 5.41 Å². The Balaban J connectivity index is 1.38. The number of aromatic carboxylic acids is 1. The van der Waals surface area contributed by atoms with Crippen molar-refractivity contribution in [3.05, 3.63) is 58.7 Å². The molecule has 2 aliphatic rings. The van der Waals surface area contributed by atoms with E-state index in [9.17, 15) is 14.4 Å². The van der Waals surface area contributed by atoms with Gasteiger partial charge in [0.1, 0.15) is 11.2 Å². The number of pyridine rings is 2. The highest BCUT2D eigenvalue weighted by Crippen LogP contribution is 2.43. The van der Waals surface area contributed by atoms with Gasteiger partial charge in [-0.3, -0.25) is 14.6 Å². The third kappa shape index (κ3) is 5.78. The highest BCUT2D eigenvalue weighted by atomic mass is 16.4. The van der Waals surface area contributed by atoms with Gasteiger partial charge in [0.2, 0.25) is 0 Å².